The van der Waals surface area contributed by atoms with Crippen molar-refractivity contribution in [2.45, 2.75) is 87.0 Å². The van der Waals surface area contributed by atoms with Crippen molar-refractivity contribution in [1.82, 2.24) is 0 Å². The lowest BCUT2D eigenvalue weighted by Gasteiger charge is -2.46. The maximum absolute atomic E-state index is 10.7. The van der Waals surface area contributed by atoms with E-state index in [2.05, 4.69) is 23.7 Å². The van der Waals surface area contributed by atoms with E-state index in [1.54, 1.807) is 19.1 Å². The Morgan fingerprint density at radius 1 is 0.886 bits per heavy atom. The van der Waals surface area contributed by atoms with Crippen molar-refractivity contribution in [3.8, 4) is 23.7 Å². The predicted molar refractivity (Wildman–Crippen MR) is 116 cm³/mol. The standard InChI is InChI=1S/C23H32O12/c1-2-3-4-5-6-8-23(9-7-10-31-23)35-22-20(18(29)16(27)14(12-25)33-22)34-21-19(30)17(28)15(26)13(11-24)32-21/h2-3,13-22,24-30H,7,9-12H2,1H3/b3-2+/t13-,14-,15-,16-,17+,18+,19-,20-,21+,22+,23-/m1/s1. The first-order valence-corrected chi connectivity index (χ1v) is 11.3. The Morgan fingerprint density at radius 3 is 2.14 bits per heavy atom. The fourth-order valence-corrected chi connectivity index (χ4v) is 3.94. The van der Waals surface area contributed by atoms with Gasteiger partial charge in [0.05, 0.1) is 19.8 Å². The molecule has 3 saturated heterocycles. The largest absolute Gasteiger partial charge is 0.394 e. The summed E-state index contributed by atoms with van der Waals surface area (Å²) in [5.74, 6) is 9.28. The van der Waals surface area contributed by atoms with Crippen LogP contribution in [0.3, 0.4) is 0 Å². The van der Waals surface area contributed by atoms with Gasteiger partial charge in [0.1, 0.15) is 48.8 Å². The highest BCUT2D eigenvalue weighted by atomic mass is 16.8. The van der Waals surface area contributed by atoms with E-state index in [1.165, 1.54) is 0 Å². The molecule has 0 radical (unpaired) electrons. The molecule has 12 heteroatoms. The van der Waals surface area contributed by atoms with Gasteiger partial charge in [-0.1, -0.05) is 12.0 Å². The number of rotatable bonds is 6. The van der Waals surface area contributed by atoms with E-state index in [-0.39, 0.29) is 0 Å². The Hall–Kier alpha value is -1.62. The Bertz CT molecular complexity index is 833. The lowest BCUT2D eigenvalue weighted by molar-refractivity contribution is -0.388. The summed E-state index contributed by atoms with van der Waals surface area (Å²) < 4.78 is 28.3. The van der Waals surface area contributed by atoms with Gasteiger partial charge in [-0.25, -0.2) is 0 Å². The van der Waals surface area contributed by atoms with Gasteiger partial charge in [-0.15, -0.1) is 0 Å². The highest BCUT2D eigenvalue weighted by Gasteiger charge is 2.53. The molecule has 35 heavy (non-hydrogen) atoms. The van der Waals surface area contributed by atoms with Gasteiger partial charge in [-0.05, 0) is 37.2 Å². The van der Waals surface area contributed by atoms with E-state index in [0.29, 0.717) is 19.4 Å². The van der Waals surface area contributed by atoms with Crippen molar-refractivity contribution in [2.75, 3.05) is 19.8 Å². The Balaban J connectivity index is 1.86. The third-order valence-corrected chi connectivity index (χ3v) is 5.89. The topological polar surface area (TPSA) is 188 Å². The Labute approximate surface area is 202 Å². The molecule has 0 aromatic rings. The van der Waals surface area contributed by atoms with Gasteiger partial charge in [0.25, 0.3) is 0 Å². The molecule has 0 aromatic carbocycles. The van der Waals surface area contributed by atoms with Gasteiger partial charge >= 0.3 is 0 Å². The fourth-order valence-electron chi connectivity index (χ4n) is 3.94. The second kappa shape index (κ2) is 12.6. The van der Waals surface area contributed by atoms with Crippen molar-refractivity contribution >= 4 is 0 Å². The SMILES string of the molecule is C/C=C/C#CC#C[C@@]1(O[C@@H]2O[C@H](CO)[C@@H](O)[C@H](O)[C@H]2O[C@@H]2O[C@H](CO)[C@@H](O)[C@H](O)[C@H]2O)CCCO1. The maximum Gasteiger partial charge on any atom is 0.236 e. The van der Waals surface area contributed by atoms with Gasteiger partial charge in [0.15, 0.2) is 12.6 Å². The molecule has 3 fully saturated rings. The Kier molecular flexibility index (Phi) is 10.0. The highest BCUT2D eigenvalue weighted by molar-refractivity contribution is 5.32. The number of allylic oxidation sites excluding steroid dienone is 2. The van der Waals surface area contributed by atoms with Gasteiger partial charge in [0.2, 0.25) is 5.79 Å². The number of aliphatic hydroxyl groups is 7. The first-order chi connectivity index (χ1) is 16.8. The second-order valence-electron chi connectivity index (χ2n) is 8.35. The second-order valence-corrected chi connectivity index (χ2v) is 8.35. The van der Waals surface area contributed by atoms with Gasteiger partial charge in [-0.3, -0.25) is 0 Å². The van der Waals surface area contributed by atoms with Gasteiger partial charge < -0.3 is 59.4 Å². The fraction of sp³-hybridized carbons (Fsp3) is 0.739. The molecule has 0 bridgehead atoms. The molecule has 11 atom stereocenters. The molecular formula is C23H32O12. The minimum absolute atomic E-state index is 0.316. The first kappa shape index (κ1) is 28.0. The summed E-state index contributed by atoms with van der Waals surface area (Å²) in [6.07, 6.45) is -11.3. The lowest BCUT2D eigenvalue weighted by Crippen LogP contribution is -2.65. The van der Waals surface area contributed by atoms with Crippen LogP contribution >= 0.6 is 0 Å². The van der Waals surface area contributed by atoms with E-state index in [4.69, 9.17) is 23.7 Å². The zero-order valence-electron chi connectivity index (χ0n) is 19.1. The maximum atomic E-state index is 10.7. The molecule has 3 aliphatic heterocycles. The van der Waals surface area contributed by atoms with Crippen molar-refractivity contribution in [3.05, 3.63) is 12.2 Å². The summed E-state index contributed by atoms with van der Waals surface area (Å²) in [4.78, 5) is 0. The first-order valence-electron chi connectivity index (χ1n) is 11.3. The number of aliphatic hydroxyl groups excluding tert-OH is 7. The number of hydrogen-bond acceptors (Lipinski definition) is 12. The molecule has 0 saturated carbocycles. The summed E-state index contributed by atoms with van der Waals surface area (Å²) in [5, 5.41) is 70.5. The van der Waals surface area contributed by atoms with Crippen LogP contribution in [0.1, 0.15) is 19.8 Å². The van der Waals surface area contributed by atoms with Crippen molar-refractivity contribution in [2.24, 2.45) is 0 Å². The van der Waals surface area contributed by atoms with Crippen LogP contribution in [0.25, 0.3) is 0 Å². The zero-order valence-corrected chi connectivity index (χ0v) is 19.1. The smallest absolute Gasteiger partial charge is 0.236 e. The molecule has 196 valence electrons. The molecule has 3 heterocycles. The summed E-state index contributed by atoms with van der Waals surface area (Å²) in [7, 11) is 0. The molecular weight excluding hydrogens is 468 g/mol. The van der Waals surface area contributed by atoms with Crippen LogP contribution in [0.5, 0.6) is 0 Å². The van der Waals surface area contributed by atoms with Crippen LogP contribution in [-0.2, 0) is 23.7 Å². The van der Waals surface area contributed by atoms with E-state index < -0.39 is 80.4 Å². The molecule has 3 aliphatic rings. The minimum Gasteiger partial charge on any atom is -0.394 e. The highest BCUT2D eigenvalue weighted by Crippen LogP contribution is 2.35. The number of hydrogen-bond donors (Lipinski definition) is 7. The summed E-state index contributed by atoms with van der Waals surface area (Å²) in [6, 6.07) is 0. The van der Waals surface area contributed by atoms with Crippen molar-refractivity contribution in [3.63, 3.8) is 0 Å². The molecule has 3 rings (SSSR count). The van der Waals surface area contributed by atoms with E-state index in [1.807, 2.05) is 0 Å². The number of ether oxygens (including phenoxy) is 5. The van der Waals surface area contributed by atoms with E-state index in [9.17, 15) is 35.7 Å². The van der Waals surface area contributed by atoms with E-state index >= 15 is 0 Å². The van der Waals surface area contributed by atoms with Crippen molar-refractivity contribution in [1.29, 1.82) is 0 Å². The minimum atomic E-state index is -1.77. The zero-order chi connectivity index (χ0) is 25.6. The van der Waals surface area contributed by atoms with Crippen LogP contribution in [0.2, 0.25) is 0 Å². The predicted octanol–water partition coefficient (Wildman–Crippen LogP) is -3.28. The van der Waals surface area contributed by atoms with Crippen LogP contribution in [0, 0.1) is 23.7 Å². The molecule has 0 spiro atoms. The monoisotopic (exact) mass is 500 g/mol. The van der Waals surface area contributed by atoms with Crippen LogP contribution < -0.4 is 0 Å². The molecule has 7 N–H and O–H groups in total. The van der Waals surface area contributed by atoms with Gasteiger partial charge in [0, 0.05) is 6.42 Å². The molecule has 0 unspecified atom stereocenters. The Morgan fingerprint density at radius 2 is 1.54 bits per heavy atom. The van der Waals surface area contributed by atoms with Crippen LogP contribution in [-0.4, -0.2) is 123 Å². The van der Waals surface area contributed by atoms with Crippen molar-refractivity contribution < 1.29 is 59.4 Å². The molecule has 0 aromatic heterocycles. The molecule has 0 amide bonds. The summed E-state index contributed by atoms with van der Waals surface area (Å²) in [5.41, 5.74) is 0. The third-order valence-electron chi connectivity index (χ3n) is 5.89. The summed E-state index contributed by atoms with van der Waals surface area (Å²) >= 11 is 0. The molecule has 0 aliphatic carbocycles. The molecule has 12 nitrogen and oxygen atoms in total. The van der Waals surface area contributed by atoms with Gasteiger partial charge in [-0.2, -0.15) is 0 Å². The normalized spacial score (nSPS) is 43.9. The average molecular weight is 500 g/mol. The lowest BCUT2D eigenvalue weighted by atomic mass is 9.97. The van der Waals surface area contributed by atoms with Crippen LogP contribution in [0.4, 0.5) is 0 Å². The van der Waals surface area contributed by atoms with E-state index in [0.717, 1.165) is 0 Å². The average Bonchev–Trinajstić information content (AvgIpc) is 3.31. The van der Waals surface area contributed by atoms with Crippen LogP contribution in [0.15, 0.2) is 12.2 Å². The summed E-state index contributed by atoms with van der Waals surface area (Å²) in [6.45, 7) is 0.778. The quantitative estimate of drug-likeness (QED) is 0.181. The third kappa shape index (κ3) is 6.39.